The number of carbonyl (C=O) groups is 2. The van der Waals surface area contributed by atoms with Crippen molar-refractivity contribution in [2.24, 2.45) is 0 Å². The predicted octanol–water partition coefficient (Wildman–Crippen LogP) is 1.81. The van der Waals surface area contributed by atoms with E-state index in [9.17, 15) is 9.59 Å². The first-order valence-corrected chi connectivity index (χ1v) is 5.51. The molecule has 18 heavy (non-hydrogen) atoms. The smallest absolute Gasteiger partial charge is 0.374 e. The van der Waals surface area contributed by atoms with Crippen molar-refractivity contribution in [1.29, 1.82) is 0 Å². The third kappa shape index (κ3) is 1.93. The number of methoxy groups -OCH3 is 1. The molecule has 0 aromatic carbocycles. The summed E-state index contributed by atoms with van der Waals surface area (Å²) >= 11 is 1.21. The molecule has 0 aliphatic heterocycles. The van der Waals surface area contributed by atoms with Gasteiger partial charge < -0.3 is 19.4 Å². The van der Waals surface area contributed by atoms with Crippen LogP contribution in [0.25, 0.3) is 10.8 Å². The molecule has 2 rings (SSSR count). The zero-order chi connectivity index (χ0) is 13.3. The third-order valence-corrected chi connectivity index (χ3v) is 2.95. The maximum Gasteiger partial charge on any atom is 0.374 e. The molecule has 0 atom stereocenters. The van der Waals surface area contributed by atoms with E-state index < -0.39 is 23.4 Å². The molecule has 0 aliphatic carbocycles. The normalized spacial score (nSPS) is 10.3. The Hall–Kier alpha value is -2.35. The Bertz CT molecular complexity index is 582. The molecule has 0 fully saturated rings. The minimum Gasteiger partial charge on any atom is -0.495 e. The van der Waals surface area contributed by atoms with Gasteiger partial charge >= 0.3 is 11.9 Å². The molecule has 0 aliphatic rings. The maximum atomic E-state index is 10.8. The summed E-state index contributed by atoms with van der Waals surface area (Å²) in [7, 11) is 1.44. The van der Waals surface area contributed by atoms with Crippen molar-refractivity contribution in [1.82, 2.24) is 4.98 Å². The lowest BCUT2D eigenvalue weighted by Gasteiger charge is -1.96. The summed E-state index contributed by atoms with van der Waals surface area (Å²) in [6.45, 7) is 0. The standard InChI is InChI=1S/C10H7NO6S/c1-16-4-2-3-18-7(4)8-11-5(9(12)13)6(17-8)10(14)15/h2-3H,1H3,(H,12,13)(H,14,15). The van der Waals surface area contributed by atoms with Crippen LogP contribution in [-0.4, -0.2) is 34.2 Å². The fourth-order valence-corrected chi connectivity index (χ4v) is 2.10. The number of oxazole rings is 1. The van der Waals surface area contributed by atoms with Crippen LogP contribution in [0, 0.1) is 0 Å². The van der Waals surface area contributed by atoms with Gasteiger partial charge in [-0.2, -0.15) is 0 Å². The summed E-state index contributed by atoms with van der Waals surface area (Å²) in [5.74, 6) is -3.29. The number of carboxylic acids is 2. The van der Waals surface area contributed by atoms with Gasteiger partial charge in [-0.15, -0.1) is 11.3 Å². The van der Waals surface area contributed by atoms with Crippen molar-refractivity contribution >= 4 is 23.3 Å². The zero-order valence-electron chi connectivity index (χ0n) is 9.04. The number of rotatable bonds is 4. The molecular formula is C10H7NO6S. The number of aromatic nitrogens is 1. The van der Waals surface area contributed by atoms with Gasteiger partial charge in [0.05, 0.1) is 7.11 Å². The van der Waals surface area contributed by atoms with Gasteiger partial charge in [0.1, 0.15) is 10.6 Å². The highest BCUT2D eigenvalue weighted by Crippen LogP contribution is 2.35. The molecule has 0 saturated carbocycles. The van der Waals surface area contributed by atoms with Crippen molar-refractivity contribution < 1.29 is 29.0 Å². The van der Waals surface area contributed by atoms with Crippen LogP contribution in [0.5, 0.6) is 5.75 Å². The lowest BCUT2D eigenvalue weighted by atomic mass is 10.3. The summed E-state index contributed by atoms with van der Waals surface area (Å²) < 4.78 is 9.99. The van der Waals surface area contributed by atoms with Crippen molar-refractivity contribution in [2.75, 3.05) is 7.11 Å². The first-order valence-electron chi connectivity index (χ1n) is 4.64. The molecule has 7 nitrogen and oxygen atoms in total. The second-order valence-electron chi connectivity index (χ2n) is 3.13. The quantitative estimate of drug-likeness (QED) is 0.870. The van der Waals surface area contributed by atoms with Gasteiger partial charge in [0, 0.05) is 0 Å². The number of nitrogens with zero attached hydrogens (tertiary/aromatic N) is 1. The highest BCUT2D eigenvalue weighted by molar-refractivity contribution is 7.13. The Kier molecular flexibility index (Phi) is 3.02. The van der Waals surface area contributed by atoms with Crippen LogP contribution < -0.4 is 4.74 Å². The number of ether oxygens (including phenoxy) is 1. The Morgan fingerprint density at radius 3 is 2.61 bits per heavy atom. The number of thiophene rings is 1. The van der Waals surface area contributed by atoms with E-state index in [1.807, 2.05) is 0 Å². The van der Waals surface area contributed by atoms with Crippen molar-refractivity contribution in [3.63, 3.8) is 0 Å². The van der Waals surface area contributed by atoms with E-state index in [2.05, 4.69) is 4.98 Å². The van der Waals surface area contributed by atoms with E-state index in [0.29, 0.717) is 10.6 Å². The molecule has 2 aromatic rings. The van der Waals surface area contributed by atoms with Gasteiger partial charge in [-0.1, -0.05) is 0 Å². The van der Waals surface area contributed by atoms with Gasteiger partial charge in [-0.25, -0.2) is 14.6 Å². The molecule has 0 bridgehead atoms. The van der Waals surface area contributed by atoms with Crippen molar-refractivity contribution in [2.45, 2.75) is 0 Å². The molecule has 0 unspecified atom stereocenters. The van der Waals surface area contributed by atoms with Gasteiger partial charge in [-0.3, -0.25) is 0 Å². The highest BCUT2D eigenvalue weighted by Gasteiger charge is 2.26. The topological polar surface area (TPSA) is 110 Å². The molecular weight excluding hydrogens is 262 g/mol. The molecule has 2 heterocycles. The summed E-state index contributed by atoms with van der Waals surface area (Å²) in [6, 6.07) is 1.64. The molecule has 8 heteroatoms. The minimum atomic E-state index is -1.48. The Morgan fingerprint density at radius 2 is 2.11 bits per heavy atom. The highest BCUT2D eigenvalue weighted by atomic mass is 32.1. The van der Waals surface area contributed by atoms with Gasteiger partial charge in [0.15, 0.2) is 0 Å². The van der Waals surface area contributed by atoms with Crippen LogP contribution in [-0.2, 0) is 0 Å². The van der Waals surface area contributed by atoms with Crippen LogP contribution in [0.2, 0.25) is 0 Å². The van der Waals surface area contributed by atoms with Crippen LogP contribution in [0.3, 0.4) is 0 Å². The van der Waals surface area contributed by atoms with E-state index in [1.54, 1.807) is 11.4 Å². The molecule has 0 spiro atoms. The lowest BCUT2D eigenvalue weighted by molar-refractivity contribution is 0.0624. The average molecular weight is 269 g/mol. The van der Waals surface area contributed by atoms with E-state index in [1.165, 1.54) is 18.4 Å². The average Bonchev–Trinajstić information content (AvgIpc) is 2.94. The SMILES string of the molecule is COc1ccsc1-c1nc(C(=O)O)c(C(=O)O)o1. The largest absolute Gasteiger partial charge is 0.495 e. The second kappa shape index (κ2) is 4.49. The molecule has 94 valence electrons. The van der Waals surface area contributed by atoms with E-state index >= 15 is 0 Å². The summed E-state index contributed by atoms with van der Waals surface area (Å²) in [6.07, 6.45) is 0. The number of carboxylic acid groups (broad SMARTS) is 2. The zero-order valence-corrected chi connectivity index (χ0v) is 9.85. The number of hydrogen-bond donors (Lipinski definition) is 2. The lowest BCUT2D eigenvalue weighted by Crippen LogP contribution is -2.05. The first kappa shape index (κ1) is 12.1. The van der Waals surface area contributed by atoms with Crippen molar-refractivity contribution in [3.8, 4) is 16.5 Å². The molecule has 0 saturated heterocycles. The minimum absolute atomic E-state index is 0.0864. The first-order chi connectivity index (χ1) is 8.54. The fourth-order valence-electron chi connectivity index (χ4n) is 1.32. The summed E-state index contributed by atoms with van der Waals surface area (Å²) in [4.78, 5) is 25.8. The molecule has 2 aromatic heterocycles. The van der Waals surface area contributed by atoms with E-state index in [4.69, 9.17) is 19.4 Å². The Labute approximate surface area is 104 Å². The second-order valence-corrected chi connectivity index (χ2v) is 4.04. The van der Waals surface area contributed by atoms with Gasteiger partial charge in [0.2, 0.25) is 17.3 Å². The van der Waals surface area contributed by atoms with Gasteiger partial charge in [0.25, 0.3) is 0 Å². The summed E-state index contributed by atoms with van der Waals surface area (Å²) in [5, 5.41) is 19.4. The Morgan fingerprint density at radius 1 is 1.39 bits per heavy atom. The van der Waals surface area contributed by atoms with E-state index in [-0.39, 0.29) is 5.89 Å². The number of hydrogen-bond acceptors (Lipinski definition) is 6. The van der Waals surface area contributed by atoms with Crippen LogP contribution >= 0.6 is 11.3 Å². The van der Waals surface area contributed by atoms with Gasteiger partial charge in [-0.05, 0) is 11.4 Å². The molecule has 0 radical (unpaired) electrons. The maximum absolute atomic E-state index is 10.8. The predicted molar refractivity (Wildman–Crippen MR) is 60.3 cm³/mol. The monoisotopic (exact) mass is 269 g/mol. The third-order valence-electron chi connectivity index (χ3n) is 2.07. The van der Waals surface area contributed by atoms with Crippen LogP contribution in [0.1, 0.15) is 21.0 Å². The molecule has 2 N–H and O–H groups in total. The number of aromatic carboxylic acids is 2. The fraction of sp³-hybridized carbons (Fsp3) is 0.100. The van der Waals surface area contributed by atoms with Crippen LogP contribution in [0.4, 0.5) is 0 Å². The van der Waals surface area contributed by atoms with E-state index in [0.717, 1.165) is 0 Å². The van der Waals surface area contributed by atoms with Crippen LogP contribution in [0.15, 0.2) is 15.9 Å². The van der Waals surface area contributed by atoms with Crippen molar-refractivity contribution in [3.05, 3.63) is 22.9 Å². The Balaban J connectivity index is 2.57. The molecule has 0 amide bonds. The summed E-state index contributed by atoms with van der Waals surface area (Å²) in [5.41, 5.74) is -0.632.